The number of benzene rings is 3. The van der Waals surface area contributed by atoms with Gasteiger partial charge in [0.05, 0.1) is 0 Å². The second-order valence-corrected chi connectivity index (χ2v) is 11.8. The van der Waals surface area contributed by atoms with Gasteiger partial charge in [0.2, 0.25) is 0 Å². The van der Waals surface area contributed by atoms with E-state index in [2.05, 4.69) is 28.8 Å². The van der Waals surface area contributed by atoms with Crippen molar-refractivity contribution in [2.75, 3.05) is 32.8 Å². The third-order valence-corrected chi connectivity index (χ3v) is 8.05. The van der Waals surface area contributed by atoms with E-state index >= 15 is 0 Å². The zero-order chi connectivity index (χ0) is 36.1. The number of nitrogens with one attached hydrogen (secondary N) is 2. The predicted octanol–water partition coefficient (Wildman–Crippen LogP) is 6.45. The normalized spacial score (nSPS) is 11.9. The number of amides is 2. The summed E-state index contributed by atoms with van der Waals surface area (Å²) >= 11 is 0. The van der Waals surface area contributed by atoms with Crippen LogP contribution < -0.4 is 10.6 Å². The number of pyridine rings is 1. The summed E-state index contributed by atoms with van der Waals surface area (Å²) in [5.41, 5.74) is 3.62. The fraction of sp³-hybridized carbons (Fsp3) is 0.268. The van der Waals surface area contributed by atoms with Crippen LogP contribution in [0.3, 0.4) is 0 Å². The zero-order valence-electron chi connectivity index (χ0n) is 28.8. The second kappa shape index (κ2) is 21.4. The number of carbonyl (C=O) groups excluding carboxylic acids is 3. The Morgan fingerprint density at radius 2 is 1.37 bits per heavy atom. The Kier molecular flexibility index (Phi) is 15.9. The van der Waals surface area contributed by atoms with E-state index in [0.29, 0.717) is 18.7 Å². The summed E-state index contributed by atoms with van der Waals surface area (Å²) in [6.07, 6.45) is 4.14. The van der Waals surface area contributed by atoms with Gasteiger partial charge in [-0.1, -0.05) is 122 Å². The smallest absolute Gasteiger partial charge is 0.410 e. The van der Waals surface area contributed by atoms with Crippen molar-refractivity contribution in [3.63, 3.8) is 0 Å². The van der Waals surface area contributed by atoms with Crippen LogP contribution in [0.2, 0.25) is 0 Å². The second-order valence-electron chi connectivity index (χ2n) is 11.8. The molecule has 266 valence electrons. The van der Waals surface area contributed by atoms with Gasteiger partial charge in [0.15, 0.2) is 0 Å². The maximum absolute atomic E-state index is 13.5. The number of carbonyl (C=O) groups is 3. The minimum Gasteiger partial charge on any atom is -0.460 e. The monoisotopic (exact) mass is 690 g/mol. The molecule has 1 aromatic heterocycles. The first-order valence-electron chi connectivity index (χ1n) is 17.0. The predicted molar refractivity (Wildman–Crippen MR) is 197 cm³/mol. The summed E-state index contributed by atoms with van der Waals surface area (Å²) in [6.45, 7) is 8.19. The van der Waals surface area contributed by atoms with Gasteiger partial charge in [-0.25, -0.2) is 9.59 Å². The number of ether oxygens (including phenoxy) is 3. The summed E-state index contributed by atoms with van der Waals surface area (Å²) in [5.74, 6) is -0.639. The first-order chi connectivity index (χ1) is 25.0. The van der Waals surface area contributed by atoms with Crippen molar-refractivity contribution >= 4 is 18.2 Å². The third kappa shape index (κ3) is 13.2. The minimum absolute atomic E-state index is 0.0389. The highest BCUT2D eigenvalue weighted by atomic mass is 16.6. The van der Waals surface area contributed by atoms with E-state index in [9.17, 15) is 14.4 Å². The Hall–Kier alpha value is -5.74. The zero-order valence-corrected chi connectivity index (χ0v) is 28.8. The van der Waals surface area contributed by atoms with Gasteiger partial charge in [0.25, 0.3) is 0 Å². The van der Waals surface area contributed by atoms with Gasteiger partial charge in [0, 0.05) is 49.9 Å². The number of aromatic nitrogens is 1. The molecular formula is C41H46N4O6. The van der Waals surface area contributed by atoms with Gasteiger partial charge in [-0.3, -0.25) is 15.1 Å². The highest BCUT2D eigenvalue weighted by molar-refractivity contribution is 5.76. The van der Waals surface area contributed by atoms with Crippen LogP contribution in [0.5, 0.6) is 0 Å². The molecule has 3 aromatic carbocycles. The molecule has 10 nitrogen and oxygen atoms in total. The summed E-state index contributed by atoms with van der Waals surface area (Å²) < 4.78 is 16.4. The van der Waals surface area contributed by atoms with Crippen LogP contribution in [0.25, 0.3) is 0 Å². The topological polar surface area (TPSA) is 119 Å². The minimum atomic E-state index is -0.811. The van der Waals surface area contributed by atoms with Gasteiger partial charge in [-0.15, -0.1) is 0 Å². The molecule has 0 spiro atoms. The lowest BCUT2D eigenvalue weighted by Gasteiger charge is -2.30. The Labute approximate surface area is 300 Å². The van der Waals surface area contributed by atoms with E-state index in [4.69, 9.17) is 14.2 Å². The fourth-order valence-electron chi connectivity index (χ4n) is 5.47. The van der Waals surface area contributed by atoms with Crippen LogP contribution >= 0.6 is 0 Å². The van der Waals surface area contributed by atoms with Crippen molar-refractivity contribution in [2.45, 2.75) is 37.5 Å². The summed E-state index contributed by atoms with van der Waals surface area (Å²) in [6, 6.07) is 33.5. The summed E-state index contributed by atoms with van der Waals surface area (Å²) in [5, 5.41) is 6.21. The van der Waals surface area contributed by atoms with Crippen molar-refractivity contribution in [2.24, 2.45) is 0 Å². The first kappa shape index (κ1) is 38.1. The van der Waals surface area contributed by atoms with Crippen molar-refractivity contribution in [1.29, 1.82) is 0 Å². The van der Waals surface area contributed by atoms with Crippen LogP contribution in [0.4, 0.5) is 9.59 Å². The molecule has 0 aliphatic heterocycles. The van der Waals surface area contributed by atoms with Crippen LogP contribution in [0.1, 0.15) is 34.7 Å². The molecular weight excluding hydrogens is 644 g/mol. The van der Waals surface area contributed by atoms with Crippen LogP contribution in [0, 0.1) is 0 Å². The number of rotatable bonds is 20. The Morgan fingerprint density at radius 1 is 0.765 bits per heavy atom. The molecule has 2 atom stereocenters. The van der Waals surface area contributed by atoms with E-state index in [1.165, 1.54) is 12.2 Å². The van der Waals surface area contributed by atoms with Crippen LogP contribution in [-0.4, -0.2) is 73.0 Å². The number of esters is 1. The van der Waals surface area contributed by atoms with Gasteiger partial charge in [-0.2, -0.15) is 0 Å². The molecule has 10 heteroatoms. The van der Waals surface area contributed by atoms with Crippen molar-refractivity contribution in [3.05, 3.63) is 163 Å². The largest absolute Gasteiger partial charge is 0.460 e. The molecule has 0 bridgehead atoms. The maximum Gasteiger partial charge on any atom is 0.410 e. The summed E-state index contributed by atoms with van der Waals surface area (Å²) in [7, 11) is 0. The number of alkyl carbamates (subject to hydrolysis) is 1. The molecule has 1 unspecified atom stereocenters. The number of nitrogens with zero attached hydrogens (tertiary/aromatic N) is 2. The Bertz CT molecular complexity index is 1600. The SMILES string of the molecule is C=CCOC(=O)[C@H](Cc1ccccn1)NC(CCN(CC(c1ccccc1)c1ccccc1)C(=O)OCC=C)CNC(=O)OCc1ccccc1. The van der Waals surface area contributed by atoms with Crippen LogP contribution in [-0.2, 0) is 32.0 Å². The molecule has 4 rings (SSSR count). The van der Waals surface area contributed by atoms with Crippen LogP contribution in [0.15, 0.2) is 141 Å². The Morgan fingerprint density at radius 3 is 1.98 bits per heavy atom. The van der Waals surface area contributed by atoms with Gasteiger partial charge >= 0.3 is 18.2 Å². The number of hydrogen-bond donors (Lipinski definition) is 2. The highest BCUT2D eigenvalue weighted by Crippen LogP contribution is 2.26. The summed E-state index contributed by atoms with van der Waals surface area (Å²) in [4.78, 5) is 45.7. The third-order valence-electron chi connectivity index (χ3n) is 8.05. The molecule has 1 heterocycles. The molecule has 4 aromatic rings. The molecule has 0 aliphatic carbocycles. The van der Waals surface area contributed by atoms with E-state index in [0.717, 1.165) is 16.7 Å². The lowest BCUT2D eigenvalue weighted by molar-refractivity contribution is -0.145. The maximum atomic E-state index is 13.5. The average molecular weight is 691 g/mol. The first-order valence-corrected chi connectivity index (χ1v) is 17.0. The van der Waals surface area contributed by atoms with Gasteiger partial charge in [-0.05, 0) is 35.2 Å². The fourth-order valence-corrected chi connectivity index (χ4v) is 5.47. The molecule has 0 fully saturated rings. The molecule has 51 heavy (non-hydrogen) atoms. The van der Waals surface area contributed by atoms with E-state index < -0.39 is 30.2 Å². The quantitative estimate of drug-likeness (QED) is 0.0617. The molecule has 0 saturated carbocycles. The van der Waals surface area contributed by atoms with E-state index in [1.54, 1.807) is 17.2 Å². The average Bonchev–Trinajstić information content (AvgIpc) is 3.18. The molecule has 2 N–H and O–H groups in total. The molecule has 2 amide bonds. The van der Waals surface area contributed by atoms with Gasteiger partial charge < -0.3 is 24.4 Å². The molecule has 0 aliphatic rings. The van der Waals surface area contributed by atoms with E-state index in [1.807, 2.05) is 103 Å². The molecule has 0 saturated heterocycles. The lowest BCUT2D eigenvalue weighted by atomic mass is 9.90. The Balaban J connectivity index is 1.56. The highest BCUT2D eigenvalue weighted by Gasteiger charge is 2.28. The number of hydrogen-bond acceptors (Lipinski definition) is 8. The molecule has 0 radical (unpaired) electrons. The lowest BCUT2D eigenvalue weighted by Crippen LogP contribution is -2.51. The van der Waals surface area contributed by atoms with Crippen molar-refractivity contribution in [1.82, 2.24) is 20.5 Å². The van der Waals surface area contributed by atoms with E-state index in [-0.39, 0.29) is 45.2 Å². The van der Waals surface area contributed by atoms with Crippen molar-refractivity contribution < 1.29 is 28.6 Å². The van der Waals surface area contributed by atoms with Crippen molar-refractivity contribution in [3.8, 4) is 0 Å². The van der Waals surface area contributed by atoms with Gasteiger partial charge in [0.1, 0.15) is 25.9 Å². The standard InChI is InChI=1S/C41H46N4O6/c1-3-26-49-39(46)38(28-35-22-14-15-24-42-35)44-36(29-43-40(47)51-31-32-16-8-5-9-17-32)23-25-45(41(48)50-27-4-2)30-37(33-18-10-6-11-19-33)34-20-12-7-13-21-34/h3-22,24,36-38,44H,1-2,23,25-31H2,(H,43,47)/t36?,38-/m0/s1.